The van der Waals surface area contributed by atoms with Crippen LogP contribution in [0.2, 0.25) is 10.0 Å². The summed E-state index contributed by atoms with van der Waals surface area (Å²) in [5.74, 6) is 1.59. The lowest BCUT2D eigenvalue weighted by molar-refractivity contribution is 0.272. The molecule has 148 valence electrons. The molecule has 2 aromatic carbocycles. The molecule has 0 N–H and O–H groups in total. The zero-order valence-corrected chi connectivity index (χ0v) is 17.8. The zero-order valence-electron chi connectivity index (χ0n) is 16.3. The van der Waals surface area contributed by atoms with Crippen LogP contribution in [-0.4, -0.2) is 25.5 Å². The topological polar surface area (TPSA) is 30.8 Å². The first-order valence-corrected chi connectivity index (χ1v) is 10.5. The molecular weight excluding hydrogens is 393 g/mol. The maximum atomic E-state index is 6.29. The second-order valence-electron chi connectivity index (χ2n) is 6.61. The van der Waals surface area contributed by atoms with E-state index in [1.165, 1.54) is 5.56 Å². The van der Waals surface area contributed by atoms with Crippen LogP contribution in [0.15, 0.2) is 41.4 Å². The Hall–Kier alpha value is -1.97. The molecule has 1 aliphatic heterocycles. The highest BCUT2D eigenvalue weighted by atomic mass is 35.5. The molecule has 0 amide bonds. The number of hydrogen-bond donors (Lipinski definition) is 0. The summed E-state index contributed by atoms with van der Waals surface area (Å²) >= 11 is 12.3. The predicted molar refractivity (Wildman–Crippen MR) is 119 cm³/mol. The van der Waals surface area contributed by atoms with Crippen molar-refractivity contribution in [2.24, 2.45) is 4.99 Å². The number of benzene rings is 2. The highest BCUT2D eigenvalue weighted by Crippen LogP contribution is 2.34. The number of halogens is 2. The smallest absolute Gasteiger partial charge is 0.161 e. The molecule has 5 heteroatoms. The van der Waals surface area contributed by atoms with Gasteiger partial charge in [-0.3, -0.25) is 4.99 Å². The molecule has 0 unspecified atom stereocenters. The molecule has 0 saturated carbocycles. The van der Waals surface area contributed by atoms with E-state index in [1.54, 1.807) is 6.07 Å². The van der Waals surface area contributed by atoms with Gasteiger partial charge in [-0.2, -0.15) is 0 Å². The van der Waals surface area contributed by atoms with Crippen LogP contribution < -0.4 is 9.47 Å². The van der Waals surface area contributed by atoms with Crippen molar-refractivity contribution in [1.82, 2.24) is 0 Å². The zero-order chi connectivity index (χ0) is 19.9. The van der Waals surface area contributed by atoms with Crippen LogP contribution in [0, 0.1) is 0 Å². The van der Waals surface area contributed by atoms with Gasteiger partial charge >= 0.3 is 0 Å². The van der Waals surface area contributed by atoms with Gasteiger partial charge in [0.2, 0.25) is 0 Å². The van der Waals surface area contributed by atoms with Gasteiger partial charge < -0.3 is 9.47 Å². The molecule has 0 saturated heterocycles. The Bertz CT molecular complexity index is 890. The Balaban J connectivity index is 1.91. The SMILES string of the molecule is CCCCOc1cc2c(cc1OCC)CCN=C2/C=C/c1ccc(Cl)cc1Cl. The number of aliphatic imine (C=N–C) groups is 1. The Morgan fingerprint density at radius 2 is 1.86 bits per heavy atom. The summed E-state index contributed by atoms with van der Waals surface area (Å²) in [6.45, 7) is 6.18. The first-order chi connectivity index (χ1) is 13.6. The van der Waals surface area contributed by atoms with E-state index in [1.807, 2.05) is 31.2 Å². The van der Waals surface area contributed by atoms with Gasteiger partial charge in [0.05, 0.1) is 18.9 Å². The van der Waals surface area contributed by atoms with Crippen LogP contribution in [0.25, 0.3) is 6.08 Å². The second-order valence-corrected chi connectivity index (χ2v) is 7.45. The van der Waals surface area contributed by atoms with Crippen LogP contribution in [-0.2, 0) is 6.42 Å². The van der Waals surface area contributed by atoms with Gasteiger partial charge in [0.25, 0.3) is 0 Å². The highest BCUT2D eigenvalue weighted by molar-refractivity contribution is 6.35. The molecule has 28 heavy (non-hydrogen) atoms. The molecule has 1 aliphatic rings. The molecule has 0 radical (unpaired) electrons. The van der Waals surface area contributed by atoms with Gasteiger partial charge in [-0.15, -0.1) is 0 Å². The van der Waals surface area contributed by atoms with Crippen molar-refractivity contribution >= 4 is 35.0 Å². The number of ether oxygens (including phenoxy) is 2. The quantitative estimate of drug-likeness (QED) is 0.451. The van der Waals surface area contributed by atoms with Gasteiger partial charge in [0, 0.05) is 22.2 Å². The molecule has 2 aromatic rings. The van der Waals surface area contributed by atoms with Gasteiger partial charge in [-0.1, -0.05) is 48.7 Å². The van der Waals surface area contributed by atoms with Gasteiger partial charge in [0.1, 0.15) is 0 Å². The molecule has 0 atom stereocenters. The number of hydrogen-bond acceptors (Lipinski definition) is 3. The molecule has 3 rings (SSSR count). The van der Waals surface area contributed by atoms with Crippen molar-refractivity contribution in [2.75, 3.05) is 19.8 Å². The van der Waals surface area contributed by atoms with E-state index < -0.39 is 0 Å². The minimum atomic E-state index is 0.610. The van der Waals surface area contributed by atoms with Gasteiger partial charge in [-0.25, -0.2) is 0 Å². The average Bonchev–Trinajstić information content (AvgIpc) is 2.68. The molecule has 1 heterocycles. The summed E-state index contributed by atoms with van der Waals surface area (Å²) < 4.78 is 11.8. The van der Waals surface area contributed by atoms with Crippen molar-refractivity contribution in [3.63, 3.8) is 0 Å². The number of unbranched alkanes of at least 4 members (excludes halogenated alkanes) is 1. The minimum absolute atomic E-state index is 0.610. The Kier molecular flexibility index (Phi) is 7.41. The third kappa shape index (κ3) is 5.09. The van der Waals surface area contributed by atoms with Crippen molar-refractivity contribution in [3.05, 3.63) is 63.1 Å². The second kappa shape index (κ2) is 9.99. The molecule has 3 nitrogen and oxygen atoms in total. The highest BCUT2D eigenvalue weighted by Gasteiger charge is 2.17. The van der Waals surface area contributed by atoms with Crippen LogP contribution in [0.1, 0.15) is 43.4 Å². The Morgan fingerprint density at radius 1 is 1.04 bits per heavy atom. The number of allylic oxidation sites excluding steroid dienone is 1. The normalized spacial score (nSPS) is 13.4. The first kappa shape index (κ1) is 20.8. The third-order valence-corrected chi connectivity index (χ3v) is 5.11. The van der Waals surface area contributed by atoms with Crippen molar-refractivity contribution in [1.29, 1.82) is 0 Å². The summed E-state index contributed by atoms with van der Waals surface area (Å²) in [6.07, 6.45) is 6.97. The van der Waals surface area contributed by atoms with Crippen molar-refractivity contribution in [3.8, 4) is 11.5 Å². The summed E-state index contributed by atoms with van der Waals surface area (Å²) in [7, 11) is 0. The van der Waals surface area contributed by atoms with Crippen LogP contribution in [0.3, 0.4) is 0 Å². The fourth-order valence-electron chi connectivity index (χ4n) is 3.08. The van der Waals surface area contributed by atoms with E-state index in [4.69, 9.17) is 37.7 Å². The molecule has 0 fully saturated rings. The fourth-order valence-corrected chi connectivity index (χ4v) is 3.56. The largest absolute Gasteiger partial charge is 0.490 e. The maximum Gasteiger partial charge on any atom is 0.161 e. The van der Waals surface area contributed by atoms with Crippen LogP contribution in [0.4, 0.5) is 0 Å². The third-order valence-electron chi connectivity index (χ3n) is 4.55. The Labute approximate surface area is 177 Å². The van der Waals surface area contributed by atoms with E-state index in [9.17, 15) is 0 Å². The Morgan fingerprint density at radius 3 is 2.61 bits per heavy atom. The predicted octanol–water partition coefficient (Wildman–Crippen LogP) is 6.63. The molecule has 0 aromatic heterocycles. The minimum Gasteiger partial charge on any atom is -0.490 e. The molecule has 0 aliphatic carbocycles. The van der Waals surface area contributed by atoms with E-state index >= 15 is 0 Å². The van der Waals surface area contributed by atoms with E-state index in [0.717, 1.165) is 54.1 Å². The molecule has 0 bridgehead atoms. The number of rotatable bonds is 8. The van der Waals surface area contributed by atoms with Crippen molar-refractivity contribution < 1.29 is 9.47 Å². The monoisotopic (exact) mass is 417 g/mol. The summed E-state index contributed by atoms with van der Waals surface area (Å²) in [4.78, 5) is 4.71. The van der Waals surface area contributed by atoms with E-state index in [-0.39, 0.29) is 0 Å². The maximum absolute atomic E-state index is 6.29. The lowest BCUT2D eigenvalue weighted by Crippen LogP contribution is -2.12. The van der Waals surface area contributed by atoms with Crippen LogP contribution in [0.5, 0.6) is 11.5 Å². The lowest BCUT2D eigenvalue weighted by Gasteiger charge is -2.19. The van der Waals surface area contributed by atoms with E-state index in [2.05, 4.69) is 19.1 Å². The standard InChI is InChI=1S/C23H25Cl2NO2/c1-3-5-12-28-23-15-19-17(13-22(23)27-4-2)10-11-26-21(19)9-7-16-6-8-18(24)14-20(16)25/h6-9,13-15H,3-5,10-12H2,1-2H3/b9-7+. The van der Waals surface area contributed by atoms with Crippen molar-refractivity contribution in [2.45, 2.75) is 33.1 Å². The molecule has 0 spiro atoms. The summed E-state index contributed by atoms with van der Waals surface area (Å²) in [5.41, 5.74) is 4.15. The van der Waals surface area contributed by atoms with Gasteiger partial charge in [0.15, 0.2) is 11.5 Å². The summed E-state index contributed by atoms with van der Waals surface area (Å²) in [6, 6.07) is 9.63. The number of fused-ring (bicyclic) bond motifs is 1. The average molecular weight is 418 g/mol. The van der Waals surface area contributed by atoms with E-state index in [0.29, 0.717) is 23.3 Å². The molecular formula is C23H25Cl2NO2. The summed E-state index contributed by atoms with van der Waals surface area (Å²) in [5, 5.41) is 1.25. The van der Waals surface area contributed by atoms with Crippen LogP contribution >= 0.6 is 23.2 Å². The fraction of sp³-hybridized carbons (Fsp3) is 0.348. The lowest BCUT2D eigenvalue weighted by atomic mass is 9.96. The first-order valence-electron chi connectivity index (χ1n) is 9.72. The van der Waals surface area contributed by atoms with Gasteiger partial charge in [-0.05, 0) is 61.2 Å². The number of nitrogens with zero attached hydrogens (tertiary/aromatic N) is 1.